The number of hydrogen-bond donors (Lipinski definition) is 1. The van der Waals surface area contributed by atoms with Crippen LogP contribution in [-0.4, -0.2) is 39.2 Å². The summed E-state index contributed by atoms with van der Waals surface area (Å²) in [4.78, 5) is 14.4. The van der Waals surface area contributed by atoms with Crippen molar-refractivity contribution in [3.05, 3.63) is 18.0 Å². The van der Waals surface area contributed by atoms with E-state index in [0.717, 1.165) is 45.3 Å². The quantitative estimate of drug-likeness (QED) is 0.902. The Morgan fingerprint density at radius 3 is 2.67 bits per heavy atom. The maximum atomic E-state index is 12.5. The number of hydrogen-bond acceptors (Lipinski definition) is 3. The first-order valence-corrected chi connectivity index (χ1v) is 7.99. The van der Waals surface area contributed by atoms with Crippen molar-refractivity contribution in [2.24, 2.45) is 11.7 Å². The van der Waals surface area contributed by atoms with Gasteiger partial charge in [-0.15, -0.1) is 0 Å². The molecule has 1 aromatic rings. The molecule has 0 bridgehead atoms. The highest BCUT2D eigenvalue weighted by molar-refractivity contribution is 5.85. The Kier molecular flexibility index (Phi) is 5.04. The van der Waals surface area contributed by atoms with Crippen molar-refractivity contribution in [2.75, 3.05) is 13.1 Å². The number of carbonyl (C=O) groups excluding carboxylic acids is 1. The molecule has 5 heteroatoms. The van der Waals surface area contributed by atoms with E-state index in [4.69, 9.17) is 5.73 Å². The van der Waals surface area contributed by atoms with Crippen LogP contribution in [0.4, 0.5) is 0 Å². The van der Waals surface area contributed by atoms with Gasteiger partial charge in [-0.2, -0.15) is 5.10 Å². The minimum Gasteiger partial charge on any atom is -0.341 e. The molecule has 1 fully saturated rings. The first kappa shape index (κ1) is 16.0. The fraction of sp³-hybridized carbons (Fsp3) is 0.750. The maximum absolute atomic E-state index is 12.5. The second kappa shape index (κ2) is 6.60. The Morgan fingerprint density at radius 2 is 2.14 bits per heavy atom. The smallest absolute Gasteiger partial charge is 0.242 e. The SMILES string of the molecule is CCCC(C)(N)C(=O)N1CCC(Cn2cc(C)cn2)CC1. The third-order valence-electron chi connectivity index (χ3n) is 4.37. The van der Waals surface area contributed by atoms with Crippen molar-refractivity contribution in [3.8, 4) is 0 Å². The van der Waals surface area contributed by atoms with E-state index in [0.29, 0.717) is 5.92 Å². The minimum absolute atomic E-state index is 0.109. The Hall–Kier alpha value is -1.36. The molecular weight excluding hydrogens is 264 g/mol. The number of nitrogens with zero attached hydrogens (tertiary/aromatic N) is 3. The van der Waals surface area contributed by atoms with Crippen LogP contribution in [0, 0.1) is 12.8 Å². The van der Waals surface area contributed by atoms with Gasteiger partial charge in [0.2, 0.25) is 5.91 Å². The van der Waals surface area contributed by atoms with Crippen molar-refractivity contribution >= 4 is 5.91 Å². The van der Waals surface area contributed by atoms with E-state index >= 15 is 0 Å². The summed E-state index contributed by atoms with van der Waals surface area (Å²) in [5.74, 6) is 0.710. The van der Waals surface area contributed by atoms with E-state index in [1.165, 1.54) is 5.56 Å². The molecule has 0 saturated carbocycles. The minimum atomic E-state index is -0.708. The number of aromatic nitrogens is 2. The van der Waals surface area contributed by atoms with E-state index < -0.39 is 5.54 Å². The van der Waals surface area contributed by atoms with Gasteiger partial charge in [0.25, 0.3) is 0 Å². The van der Waals surface area contributed by atoms with E-state index in [1.807, 2.05) is 22.7 Å². The van der Waals surface area contributed by atoms with Crippen molar-refractivity contribution in [1.29, 1.82) is 0 Å². The summed E-state index contributed by atoms with van der Waals surface area (Å²) in [6, 6.07) is 0. The molecule has 1 unspecified atom stereocenters. The molecule has 21 heavy (non-hydrogen) atoms. The molecule has 2 heterocycles. The Labute approximate surface area is 127 Å². The molecule has 1 saturated heterocycles. The Bertz CT molecular complexity index is 472. The molecule has 2 rings (SSSR count). The van der Waals surface area contributed by atoms with Crippen molar-refractivity contribution in [2.45, 2.75) is 58.5 Å². The standard InChI is InChI=1S/C16H28N4O/c1-4-7-16(3,17)15(21)19-8-5-14(6-9-19)12-20-11-13(2)10-18-20/h10-11,14H,4-9,12,17H2,1-3H3. The summed E-state index contributed by atoms with van der Waals surface area (Å²) in [5.41, 5.74) is 6.65. The average Bonchev–Trinajstić information content (AvgIpc) is 2.84. The average molecular weight is 292 g/mol. The fourth-order valence-corrected chi connectivity index (χ4v) is 3.14. The molecule has 1 aliphatic heterocycles. The van der Waals surface area contributed by atoms with Crippen LogP contribution in [0.3, 0.4) is 0 Å². The van der Waals surface area contributed by atoms with Crippen LogP contribution >= 0.6 is 0 Å². The van der Waals surface area contributed by atoms with Crippen molar-refractivity contribution in [3.63, 3.8) is 0 Å². The predicted octanol–water partition coefficient (Wildman–Crippen LogP) is 1.95. The first-order chi connectivity index (χ1) is 9.92. The highest BCUT2D eigenvalue weighted by atomic mass is 16.2. The molecular formula is C16H28N4O. The third-order valence-corrected chi connectivity index (χ3v) is 4.37. The molecule has 0 radical (unpaired) electrons. The maximum Gasteiger partial charge on any atom is 0.242 e. The molecule has 0 aliphatic carbocycles. The highest BCUT2D eigenvalue weighted by Gasteiger charge is 2.33. The van der Waals surface area contributed by atoms with Gasteiger partial charge in [0.1, 0.15) is 0 Å². The Balaban J connectivity index is 1.84. The molecule has 5 nitrogen and oxygen atoms in total. The lowest BCUT2D eigenvalue weighted by Gasteiger charge is -2.36. The molecule has 1 amide bonds. The molecule has 0 aromatic carbocycles. The van der Waals surface area contributed by atoms with Gasteiger partial charge in [-0.3, -0.25) is 9.48 Å². The number of amides is 1. The van der Waals surface area contributed by atoms with Crippen LogP contribution in [0.25, 0.3) is 0 Å². The monoisotopic (exact) mass is 292 g/mol. The lowest BCUT2D eigenvalue weighted by molar-refractivity contribution is -0.138. The van der Waals surface area contributed by atoms with E-state index in [2.05, 4.69) is 25.1 Å². The molecule has 2 N–H and O–H groups in total. The van der Waals surface area contributed by atoms with E-state index in [1.54, 1.807) is 0 Å². The van der Waals surface area contributed by atoms with E-state index in [-0.39, 0.29) is 5.91 Å². The van der Waals surface area contributed by atoms with Gasteiger partial charge in [0, 0.05) is 25.8 Å². The summed E-state index contributed by atoms with van der Waals surface area (Å²) < 4.78 is 2.02. The number of carbonyl (C=O) groups is 1. The summed E-state index contributed by atoms with van der Waals surface area (Å²) in [6.45, 7) is 8.57. The van der Waals surface area contributed by atoms with Gasteiger partial charge in [-0.25, -0.2) is 0 Å². The largest absolute Gasteiger partial charge is 0.341 e. The molecule has 0 spiro atoms. The van der Waals surface area contributed by atoms with Crippen LogP contribution in [0.2, 0.25) is 0 Å². The summed E-state index contributed by atoms with van der Waals surface area (Å²) >= 11 is 0. The topological polar surface area (TPSA) is 64.2 Å². The lowest BCUT2D eigenvalue weighted by Crippen LogP contribution is -2.55. The molecule has 1 atom stereocenters. The molecule has 118 valence electrons. The van der Waals surface area contributed by atoms with Crippen molar-refractivity contribution < 1.29 is 4.79 Å². The zero-order valence-electron chi connectivity index (χ0n) is 13.5. The number of rotatable bonds is 5. The highest BCUT2D eigenvalue weighted by Crippen LogP contribution is 2.22. The fourth-order valence-electron chi connectivity index (χ4n) is 3.14. The number of piperidine rings is 1. The zero-order valence-corrected chi connectivity index (χ0v) is 13.5. The van der Waals surface area contributed by atoms with Gasteiger partial charge in [0.15, 0.2) is 0 Å². The lowest BCUT2D eigenvalue weighted by atomic mass is 9.92. The molecule has 1 aromatic heterocycles. The number of likely N-dealkylation sites (tertiary alicyclic amines) is 1. The van der Waals surface area contributed by atoms with Gasteiger partial charge in [0.05, 0.1) is 11.7 Å². The summed E-state index contributed by atoms with van der Waals surface area (Å²) in [7, 11) is 0. The molecule has 1 aliphatic rings. The predicted molar refractivity (Wildman–Crippen MR) is 83.8 cm³/mol. The normalized spacial score (nSPS) is 19.5. The van der Waals surface area contributed by atoms with Crippen LogP contribution in [0.5, 0.6) is 0 Å². The van der Waals surface area contributed by atoms with Gasteiger partial charge < -0.3 is 10.6 Å². The van der Waals surface area contributed by atoms with Gasteiger partial charge >= 0.3 is 0 Å². The first-order valence-electron chi connectivity index (χ1n) is 7.99. The van der Waals surface area contributed by atoms with Crippen LogP contribution in [-0.2, 0) is 11.3 Å². The van der Waals surface area contributed by atoms with Crippen LogP contribution in [0.15, 0.2) is 12.4 Å². The van der Waals surface area contributed by atoms with Crippen LogP contribution in [0.1, 0.15) is 45.1 Å². The summed E-state index contributed by atoms with van der Waals surface area (Å²) in [6.07, 6.45) is 7.73. The second-order valence-electron chi connectivity index (χ2n) is 6.64. The van der Waals surface area contributed by atoms with Gasteiger partial charge in [-0.05, 0) is 44.6 Å². The van der Waals surface area contributed by atoms with Crippen LogP contribution < -0.4 is 5.73 Å². The second-order valence-corrected chi connectivity index (χ2v) is 6.64. The summed E-state index contributed by atoms with van der Waals surface area (Å²) in [5, 5.41) is 4.34. The third kappa shape index (κ3) is 4.06. The number of aryl methyl sites for hydroxylation is 1. The number of nitrogens with two attached hydrogens (primary N) is 1. The Morgan fingerprint density at radius 1 is 1.48 bits per heavy atom. The van der Waals surface area contributed by atoms with Crippen molar-refractivity contribution in [1.82, 2.24) is 14.7 Å². The van der Waals surface area contributed by atoms with E-state index in [9.17, 15) is 4.79 Å². The zero-order chi connectivity index (χ0) is 15.5. The van der Waals surface area contributed by atoms with Gasteiger partial charge in [-0.1, -0.05) is 13.3 Å².